The number of fused-ring (bicyclic) bond motifs is 2. The van der Waals surface area contributed by atoms with Crippen molar-refractivity contribution in [1.29, 1.82) is 0 Å². The van der Waals surface area contributed by atoms with E-state index in [0.29, 0.717) is 17.2 Å². The molecule has 0 aliphatic heterocycles. The summed E-state index contributed by atoms with van der Waals surface area (Å²) in [6.07, 6.45) is 4.94. The number of rotatable bonds is 4. The van der Waals surface area contributed by atoms with Crippen molar-refractivity contribution in [3.63, 3.8) is 0 Å². The molecule has 0 fully saturated rings. The van der Waals surface area contributed by atoms with Crippen molar-refractivity contribution in [2.24, 2.45) is 10.7 Å². The SMILES string of the molecule is Cc1ccc2c(Nc3nccs3)nccc2c1N=C(N)c1csc2c(N)ncnc12. The summed E-state index contributed by atoms with van der Waals surface area (Å²) < 4.78 is 0.805. The Balaban J connectivity index is 1.64. The van der Waals surface area contributed by atoms with Gasteiger partial charge in [0.05, 0.1) is 21.5 Å². The van der Waals surface area contributed by atoms with Crippen molar-refractivity contribution in [2.45, 2.75) is 6.92 Å². The van der Waals surface area contributed by atoms with E-state index in [0.717, 1.165) is 43.2 Å². The molecule has 0 saturated carbocycles. The van der Waals surface area contributed by atoms with Crippen LogP contribution in [0.5, 0.6) is 0 Å². The van der Waals surface area contributed by atoms with Crippen molar-refractivity contribution >= 4 is 72.0 Å². The van der Waals surface area contributed by atoms with Crippen LogP contribution in [0.2, 0.25) is 0 Å². The molecule has 4 heterocycles. The van der Waals surface area contributed by atoms with E-state index >= 15 is 0 Å². The molecule has 5 rings (SSSR count). The minimum Gasteiger partial charge on any atom is -0.383 e. The quantitative estimate of drug-likeness (QED) is 0.284. The highest BCUT2D eigenvalue weighted by molar-refractivity contribution is 7.18. The fraction of sp³-hybridized carbons (Fsp3) is 0.0500. The van der Waals surface area contributed by atoms with Crippen LogP contribution in [0.1, 0.15) is 11.1 Å². The first-order chi connectivity index (χ1) is 14.6. The summed E-state index contributed by atoms with van der Waals surface area (Å²) in [4.78, 5) is 21.9. The number of amidine groups is 1. The van der Waals surface area contributed by atoms with Crippen LogP contribution in [-0.2, 0) is 0 Å². The Morgan fingerprint density at radius 3 is 2.77 bits per heavy atom. The summed E-state index contributed by atoms with van der Waals surface area (Å²) in [5.41, 5.74) is 15.6. The molecule has 0 amide bonds. The number of nitrogen functional groups attached to an aromatic ring is 1. The molecular formula is C20H16N8S2. The highest BCUT2D eigenvalue weighted by Gasteiger charge is 2.14. The second kappa shape index (κ2) is 7.32. The first kappa shape index (κ1) is 18.4. The number of nitrogens with zero attached hydrogens (tertiary/aromatic N) is 5. The van der Waals surface area contributed by atoms with Crippen LogP contribution < -0.4 is 16.8 Å². The molecule has 5 N–H and O–H groups in total. The van der Waals surface area contributed by atoms with Crippen molar-refractivity contribution in [2.75, 3.05) is 11.1 Å². The summed E-state index contributed by atoms with van der Waals surface area (Å²) in [5.74, 6) is 1.54. The maximum absolute atomic E-state index is 6.41. The summed E-state index contributed by atoms with van der Waals surface area (Å²) in [7, 11) is 0. The molecule has 10 heteroatoms. The van der Waals surface area contributed by atoms with Crippen LogP contribution in [-0.4, -0.2) is 25.8 Å². The van der Waals surface area contributed by atoms with Gasteiger partial charge in [-0.25, -0.2) is 24.9 Å². The van der Waals surface area contributed by atoms with Crippen LogP contribution >= 0.6 is 22.7 Å². The average Bonchev–Trinajstić information content (AvgIpc) is 3.41. The number of benzene rings is 1. The number of pyridine rings is 1. The van der Waals surface area contributed by atoms with E-state index in [1.54, 1.807) is 12.4 Å². The van der Waals surface area contributed by atoms with Gasteiger partial charge in [-0.2, -0.15) is 0 Å². The van der Waals surface area contributed by atoms with E-state index < -0.39 is 0 Å². The molecule has 8 nitrogen and oxygen atoms in total. The van der Waals surface area contributed by atoms with Crippen LogP contribution in [0, 0.1) is 6.92 Å². The molecule has 1 aromatic carbocycles. The molecule has 0 unspecified atom stereocenters. The molecular weight excluding hydrogens is 416 g/mol. The van der Waals surface area contributed by atoms with Crippen molar-refractivity contribution < 1.29 is 0 Å². The second-order valence-electron chi connectivity index (χ2n) is 6.53. The van der Waals surface area contributed by atoms with Crippen LogP contribution in [0.15, 0.2) is 52.7 Å². The van der Waals surface area contributed by atoms with E-state index in [4.69, 9.17) is 16.5 Å². The highest BCUT2D eigenvalue weighted by Crippen LogP contribution is 2.35. The van der Waals surface area contributed by atoms with E-state index in [-0.39, 0.29) is 0 Å². The van der Waals surface area contributed by atoms with Gasteiger partial charge in [0.25, 0.3) is 0 Å². The third-order valence-electron chi connectivity index (χ3n) is 4.67. The van der Waals surface area contributed by atoms with Crippen LogP contribution in [0.4, 0.5) is 22.5 Å². The standard InChI is InChI=1S/C20H16N8S2/c1-10-2-3-12-11(4-5-23-19(12)28-20-24-6-7-29-20)14(10)27-17(21)13-8-30-16-15(13)25-9-26-18(16)22/h2-9H,1H3,(H2,21,27)(H2,22,25,26)(H,23,24,28). The Labute approximate surface area is 179 Å². The van der Waals surface area contributed by atoms with Gasteiger partial charge >= 0.3 is 0 Å². The van der Waals surface area contributed by atoms with E-state index in [1.165, 1.54) is 29.0 Å². The van der Waals surface area contributed by atoms with Crippen molar-refractivity contribution in [3.05, 3.63) is 58.8 Å². The third-order valence-corrected chi connectivity index (χ3v) is 6.35. The van der Waals surface area contributed by atoms with Gasteiger partial charge < -0.3 is 16.8 Å². The Morgan fingerprint density at radius 1 is 1.03 bits per heavy atom. The molecule has 148 valence electrons. The topological polar surface area (TPSA) is 128 Å². The summed E-state index contributed by atoms with van der Waals surface area (Å²) >= 11 is 2.97. The number of nitrogens with one attached hydrogen (secondary N) is 1. The minimum absolute atomic E-state index is 0.376. The number of thiophene rings is 1. The lowest BCUT2D eigenvalue weighted by Crippen LogP contribution is -2.12. The minimum atomic E-state index is 0.376. The number of hydrogen-bond donors (Lipinski definition) is 3. The van der Waals surface area contributed by atoms with Gasteiger partial charge in [0, 0.05) is 33.9 Å². The zero-order chi connectivity index (χ0) is 20.7. The lowest BCUT2D eigenvalue weighted by atomic mass is 10.1. The predicted molar refractivity (Wildman–Crippen MR) is 124 cm³/mol. The van der Waals surface area contributed by atoms with Gasteiger partial charge in [-0.05, 0) is 18.6 Å². The molecule has 0 atom stereocenters. The largest absolute Gasteiger partial charge is 0.383 e. The summed E-state index contributed by atoms with van der Waals surface area (Å²) in [6.45, 7) is 2.01. The van der Waals surface area contributed by atoms with Crippen LogP contribution in [0.3, 0.4) is 0 Å². The molecule has 0 bridgehead atoms. The number of aryl methyl sites for hydroxylation is 1. The molecule has 5 aromatic rings. The molecule has 0 aliphatic rings. The number of aliphatic imine (C=N–C) groups is 1. The lowest BCUT2D eigenvalue weighted by Gasteiger charge is -2.11. The monoisotopic (exact) mass is 432 g/mol. The number of hydrogen-bond acceptors (Lipinski definition) is 9. The van der Waals surface area contributed by atoms with Gasteiger partial charge in [-0.15, -0.1) is 22.7 Å². The Hall–Kier alpha value is -3.63. The Bertz CT molecular complexity index is 1410. The van der Waals surface area contributed by atoms with Crippen LogP contribution in [0.25, 0.3) is 21.0 Å². The third kappa shape index (κ3) is 3.11. The summed E-state index contributed by atoms with van der Waals surface area (Å²) in [6, 6.07) is 5.97. The summed E-state index contributed by atoms with van der Waals surface area (Å²) in [5, 5.41) is 9.75. The Morgan fingerprint density at radius 2 is 1.93 bits per heavy atom. The zero-order valence-corrected chi connectivity index (χ0v) is 17.5. The van der Waals surface area contributed by atoms with Crippen molar-refractivity contribution in [1.82, 2.24) is 19.9 Å². The molecule has 0 spiro atoms. The van der Waals surface area contributed by atoms with E-state index in [2.05, 4.69) is 25.3 Å². The normalized spacial score (nSPS) is 12.0. The highest BCUT2D eigenvalue weighted by atomic mass is 32.1. The fourth-order valence-electron chi connectivity index (χ4n) is 3.21. The van der Waals surface area contributed by atoms with Gasteiger partial charge in [0.2, 0.25) is 0 Å². The first-order valence-electron chi connectivity index (χ1n) is 8.99. The maximum atomic E-state index is 6.41. The second-order valence-corrected chi connectivity index (χ2v) is 8.31. The van der Waals surface area contributed by atoms with Gasteiger partial charge in [-0.3, -0.25) is 0 Å². The molecule has 0 saturated heterocycles. The first-order valence-corrected chi connectivity index (χ1v) is 10.7. The average molecular weight is 433 g/mol. The lowest BCUT2D eigenvalue weighted by molar-refractivity contribution is 1.23. The van der Waals surface area contributed by atoms with E-state index in [9.17, 15) is 0 Å². The van der Waals surface area contributed by atoms with Gasteiger partial charge in [0.15, 0.2) is 5.13 Å². The Kier molecular flexibility index (Phi) is 4.49. The number of thiazole rings is 1. The molecule has 4 aromatic heterocycles. The van der Waals surface area contributed by atoms with E-state index in [1.807, 2.05) is 35.9 Å². The number of anilines is 3. The van der Waals surface area contributed by atoms with Gasteiger partial charge in [0.1, 0.15) is 23.8 Å². The number of aromatic nitrogens is 4. The van der Waals surface area contributed by atoms with Gasteiger partial charge in [-0.1, -0.05) is 12.1 Å². The number of nitrogens with two attached hydrogens (primary N) is 2. The maximum Gasteiger partial charge on any atom is 0.188 e. The zero-order valence-electron chi connectivity index (χ0n) is 15.8. The molecule has 0 radical (unpaired) electrons. The smallest absolute Gasteiger partial charge is 0.188 e. The predicted octanol–water partition coefficient (Wildman–Crippen LogP) is 4.37. The fourth-order valence-corrected chi connectivity index (χ4v) is 4.66. The molecule has 0 aliphatic carbocycles. The van der Waals surface area contributed by atoms with Crippen molar-refractivity contribution in [3.8, 4) is 0 Å². The molecule has 30 heavy (non-hydrogen) atoms.